The van der Waals surface area contributed by atoms with Crippen LogP contribution in [0.25, 0.3) is 10.8 Å². The third-order valence-corrected chi connectivity index (χ3v) is 10.3. The first kappa shape index (κ1) is 30.8. The fraction of sp³-hybridized carbons (Fsp3) is 0.611. The maximum absolute atomic E-state index is 14.9. The van der Waals surface area contributed by atoms with Gasteiger partial charge in [-0.05, 0) is 105 Å². The monoisotopic (exact) mass is 586 g/mol. The van der Waals surface area contributed by atoms with E-state index in [-0.39, 0.29) is 11.3 Å². The molecule has 0 aromatic heterocycles. The Morgan fingerprint density at radius 1 is 0.738 bits per heavy atom. The molecule has 2 aromatic rings. The van der Waals surface area contributed by atoms with Crippen LogP contribution in [0.5, 0.6) is 0 Å². The van der Waals surface area contributed by atoms with Crippen LogP contribution in [-0.2, 0) is 0 Å². The molecule has 0 amide bonds. The standard InChI is InChI=1S/C36H40F6/c1-2-3-4-5-23-8-11-26(12-9-23)28-15-14-27-18-24(10-13-29(27)21-28)6-7-25-19-30-22-32(37)31(16-17-36(40,41)42)35(39)34(30)33(38)20-25/h19-20,22-24,26-29H,2-5,8-15,18,21H2,1H3. The van der Waals surface area contributed by atoms with Crippen molar-refractivity contribution in [3.63, 3.8) is 0 Å². The molecule has 4 unspecified atom stereocenters. The Labute approximate surface area is 246 Å². The highest BCUT2D eigenvalue weighted by Gasteiger charge is 2.38. The average molecular weight is 587 g/mol. The number of fused-ring (bicyclic) bond motifs is 2. The van der Waals surface area contributed by atoms with E-state index in [1.807, 2.05) is 0 Å². The zero-order valence-electron chi connectivity index (χ0n) is 24.4. The van der Waals surface area contributed by atoms with Gasteiger partial charge in [-0.3, -0.25) is 0 Å². The number of rotatable bonds is 5. The van der Waals surface area contributed by atoms with Crippen LogP contribution in [0.15, 0.2) is 18.2 Å². The molecule has 226 valence electrons. The summed E-state index contributed by atoms with van der Waals surface area (Å²) in [7, 11) is 0. The lowest BCUT2D eigenvalue weighted by Gasteiger charge is -2.44. The van der Waals surface area contributed by atoms with Crippen molar-refractivity contribution in [2.45, 2.75) is 103 Å². The topological polar surface area (TPSA) is 0 Å². The van der Waals surface area contributed by atoms with Gasteiger partial charge in [0.1, 0.15) is 11.6 Å². The van der Waals surface area contributed by atoms with Crippen LogP contribution in [0.4, 0.5) is 26.3 Å². The molecule has 0 saturated heterocycles. The zero-order chi connectivity index (χ0) is 29.9. The van der Waals surface area contributed by atoms with Gasteiger partial charge in [0, 0.05) is 17.4 Å². The molecule has 42 heavy (non-hydrogen) atoms. The van der Waals surface area contributed by atoms with E-state index in [4.69, 9.17) is 0 Å². The van der Waals surface area contributed by atoms with E-state index >= 15 is 0 Å². The summed E-state index contributed by atoms with van der Waals surface area (Å²) < 4.78 is 81.3. The van der Waals surface area contributed by atoms with E-state index < -0.39 is 34.6 Å². The highest BCUT2D eigenvalue weighted by atomic mass is 19.4. The molecule has 0 heterocycles. The van der Waals surface area contributed by atoms with Crippen LogP contribution in [0.2, 0.25) is 0 Å². The Morgan fingerprint density at radius 3 is 2.12 bits per heavy atom. The molecule has 0 aliphatic heterocycles. The summed E-state index contributed by atoms with van der Waals surface area (Å²) in [6.07, 6.45) is 13.3. The number of hydrogen-bond donors (Lipinski definition) is 0. The fourth-order valence-corrected chi connectivity index (χ4v) is 8.03. The summed E-state index contributed by atoms with van der Waals surface area (Å²) in [4.78, 5) is 0. The van der Waals surface area contributed by atoms with Crippen molar-refractivity contribution >= 4 is 10.8 Å². The minimum Gasteiger partial charge on any atom is -0.206 e. The van der Waals surface area contributed by atoms with E-state index in [0.29, 0.717) is 11.5 Å². The average Bonchev–Trinajstić information content (AvgIpc) is 2.95. The fourth-order valence-electron chi connectivity index (χ4n) is 8.03. The molecular weight excluding hydrogens is 546 g/mol. The second-order valence-corrected chi connectivity index (χ2v) is 13.0. The van der Waals surface area contributed by atoms with Crippen LogP contribution >= 0.6 is 0 Å². The Kier molecular flexibility index (Phi) is 9.81. The second-order valence-electron chi connectivity index (χ2n) is 13.0. The Hall–Kier alpha value is -2.60. The number of benzene rings is 2. The van der Waals surface area contributed by atoms with Crippen LogP contribution < -0.4 is 0 Å². The zero-order valence-corrected chi connectivity index (χ0v) is 24.4. The molecule has 5 rings (SSSR count). The third-order valence-electron chi connectivity index (χ3n) is 10.3. The van der Waals surface area contributed by atoms with Gasteiger partial charge in [0.2, 0.25) is 0 Å². The summed E-state index contributed by atoms with van der Waals surface area (Å²) in [5.74, 6) is 9.26. The van der Waals surface area contributed by atoms with Crippen molar-refractivity contribution in [3.05, 3.63) is 46.8 Å². The molecule has 4 atom stereocenters. The van der Waals surface area contributed by atoms with Gasteiger partial charge in [-0.15, -0.1) is 0 Å². The van der Waals surface area contributed by atoms with Crippen molar-refractivity contribution in [3.8, 4) is 23.7 Å². The maximum Gasteiger partial charge on any atom is 0.458 e. The van der Waals surface area contributed by atoms with E-state index in [2.05, 4.69) is 18.8 Å². The summed E-state index contributed by atoms with van der Waals surface area (Å²) in [6.45, 7) is 2.27. The number of unbranched alkanes of at least 4 members (excludes halogenated alkanes) is 2. The molecule has 0 nitrogen and oxygen atoms in total. The van der Waals surface area contributed by atoms with E-state index in [9.17, 15) is 26.3 Å². The second kappa shape index (κ2) is 13.4. The smallest absolute Gasteiger partial charge is 0.206 e. The van der Waals surface area contributed by atoms with Crippen molar-refractivity contribution in [2.24, 2.45) is 35.5 Å². The molecule has 2 aromatic carbocycles. The number of halogens is 6. The Morgan fingerprint density at radius 2 is 1.40 bits per heavy atom. The van der Waals surface area contributed by atoms with Crippen molar-refractivity contribution < 1.29 is 26.3 Å². The highest BCUT2D eigenvalue weighted by Crippen LogP contribution is 2.49. The van der Waals surface area contributed by atoms with Gasteiger partial charge in [-0.2, -0.15) is 13.2 Å². The minimum absolute atomic E-state index is 0.0936. The van der Waals surface area contributed by atoms with Crippen LogP contribution in [0, 0.1) is 76.6 Å². The lowest BCUT2D eigenvalue weighted by atomic mass is 9.61. The first-order chi connectivity index (χ1) is 20.1. The van der Waals surface area contributed by atoms with Crippen molar-refractivity contribution in [1.82, 2.24) is 0 Å². The molecule has 3 fully saturated rings. The molecule has 6 heteroatoms. The third kappa shape index (κ3) is 7.48. The predicted molar refractivity (Wildman–Crippen MR) is 155 cm³/mol. The Bertz CT molecular complexity index is 1380. The quantitative estimate of drug-likeness (QED) is 0.186. The number of hydrogen-bond acceptors (Lipinski definition) is 0. The molecule has 3 aliphatic carbocycles. The molecule has 3 saturated carbocycles. The highest BCUT2D eigenvalue weighted by molar-refractivity contribution is 5.87. The molecular formula is C36H40F6. The lowest BCUT2D eigenvalue weighted by molar-refractivity contribution is -0.0696. The first-order valence-electron chi connectivity index (χ1n) is 15.8. The van der Waals surface area contributed by atoms with Gasteiger partial charge in [-0.25, -0.2) is 13.2 Å². The minimum atomic E-state index is -4.92. The summed E-state index contributed by atoms with van der Waals surface area (Å²) >= 11 is 0. The van der Waals surface area contributed by atoms with Gasteiger partial charge >= 0.3 is 6.18 Å². The van der Waals surface area contributed by atoms with Gasteiger partial charge < -0.3 is 0 Å². The number of alkyl halides is 3. The van der Waals surface area contributed by atoms with Crippen molar-refractivity contribution in [1.29, 1.82) is 0 Å². The maximum atomic E-state index is 14.9. The molecule has 0 bridgehead atoms. The SMILES string of the molecule is CCCCCC1CCC(C2CCC3CC(C#Cc4cc(F)c5c(F)c(C#CC(F)(F)F)c(F)cc5c4)CCC3C2)CC1. The molecule has 0 N–H and O–H groups in total. The van der Waals surface area contributed by atoms with Crippen LogP contribution in [0.1, 0.15) is 108 Å². The normalized spacial score (nSPS) is 27.9. The van der Waals surface area contributed by atoms with E-state index in [1.54, 1.807) is 0 Å². The lowest BCUT2D eigenvalue weighted by Crippen LogP contribution is -2.34. The summed E-state index contributed by atoms with van der Waals surface area (Å²) in [6, 6.07) is 3.26. The largest absolute Gasteiger partial charge is 0.458 e. The van der Waals surface area contributed by atoms with E-state index in [1.165, 1.54) is 82.6 Å². The predicted octanol–water partition coefficient (Wildman–Crippen LogP) is 10.7. The molecule has 0 radical (unpaired) electrons. The van der Waals surface area contributed by atoms with E-state index in [0.717, 1.165) is 61.0 Å². The van der Waals surface area contributed by atoms with Gasteiger partial charge in [0.05, 0.1) is 10.9 Å². The van der Waals surface area contributed by atoms with Crippen LogP contribution in [-0.4, -0.2) is 6.18 Å². The summed E-state index contributed by atoms with van der Waals surface area (Å²) in [5.41, 5.74) is -0.803. The Balaban J connectivity index is 1.19. The first-order valence-corrected chi connectivity index (χ1v) is 15.8. The summed E-state index contributed by atoms with van der Waals surface area (Å²) in [5, 5.41) is -0.681. The van der Waals surface area contributed by atoms with Crippen molar-refractivity contribution in [2.75, 3.05) is 0 Å². The van der Waals surface area contributed by atoms with Gasteiger partial charge in [0.15, 0.2) is 5.82 Å². The molecule has 0 spiro atoms. The van der Waals surface area contributed by atoms with Gasteiger partial charge in [-0.1, -0.05) is 63.2 Å². The van der Waals surface area contributed by atoms with Crippen LogP contribution in [0.3, 0.4) is 0 Å². The van der Waals surface area contributed by atoms with Gasteiger partial charge in [0.25, 0.3) is 0 Å². The molecule has 3 aliphatic rings.